The van der Waals surface area contributed by atoms with Crippen LogP contribution in [-0.2, 0) is 19.2 Å². The van der Waals surface area contributed by atoms with E-state index in [1.54, 1.807) is 6.92 Å². The number of aliphatic hydroxyl groups is 1. The molecule has 1 aromatic rings. The number of phenols is 1. The molecule has 3 amide bonds. The monoisotopic (exact) mass is 447 g/mol. The molecule has 0 radical (unpaired) electrons. The van der Waals surface area contributed by atoms with Gasteiger partial charge in [0, 0.05) is 0 Å². The number of aliphatic hydroxyl groups excluding tert-OH is 1. The van der Waals surface area contributed by atoms with Gasteiger partial charge in [-0.05, 0) is 37.6 Å². The van der Waals surface area contributed by atoms with Gasteiger partial charge in [-0.15, -0.1) is 0 Å². The first kappa shape index (κ1) is 24.5. The van der Waals surface area contributed by atoms with E-state index >= 15 is 0 Å². The summed E-state index contributed by atoms with van der Waals surface area (Å²) in [6.45, 7) is 1.67. The van der Waals surface area contributed by atoms with Crippen LogP contribution in [0.4, 0.5) is 0 Å². The largest absolute Gasteiger partial charge is 0.508 e. The van der Waals surface area contributed by atoms with Crippen molar-refractivity contribution < 1.29 is 34.5 Å². The van der Waals surface area contributed by atoms with Gasteiger partial charge in [-0.2, -0.15) is 0 Å². The first-order valence-electron chi connectivity index (χ1n) is 9.64. The zero-order valence-corrected chi connectivity index (χ0v) is 17.5. The quantitative estimate of drug-likeness (QED) is 0.243. The van der Waals surface area contributed by atoms with Crippen LogP contribution in [0.5, 0.6) is 5.75 Å². The van der Waals surface area contributed by atoms with Crippen molar-refractivity contribution in [2.75, 3.05) is 13.2 Å². The van der Waals surface area contributed by atoms with E-state index in [4.69, 9.17) is 10.8 Å². The first-order chi connectivity index (χ1) is 15.0. The molecule has 0 aromatic heterocycles. The zero-order valence-electron chi connectivity index (χ0n) is 17.5. The zero-order chi connectivity index (χ0) is 24.0. The van der Waals surface area contributed by atoms with Gasteiger partial charge in [0.1, 0.15) is 23.3 Å². The molecule has 7 N–H and O–H groups in total. The van der Waals surface area contributed by atoms with Crippen molar-refractivity contribution in [1.29, 1.82) is 0 Å². The molecule has 1 aromatic carbocycles. The number of hydrogen-bond donors (Lipinski definition) is 6. The maximum Gasteiger partial charge on any atom is 0.325 e. The van der Waals surface area contributed by atoms with Gasteiger partial charge in [0.25, 0.3) is 11.8 Å². The van der Waals surface area contributed by atoms with Crippen LogP contribution in [0, 0.1) is 0 Å². The van der Waals surface area contributed by atoms with Gasteiger partial charge in [-0.25, -0.2) is 0 Å². The Morgan fingerprint density at radius 3 is 2.41 bits per heavy atom. The Morgan fingerprint density at radius 2 is 1.88 bits per heavy atom. The van der Waals surface area contributed by atoms with Gasteiger partial charge in [0.15, 0.2) is 6.04 Å². The number of aromatic hydroxyl groups is 1. The molecule has 0 saturated heterocycles. The van der Waals surface area contributed by atoms with Crippen molar-refractivity contribution in [3.8, 4) is 5.75 Å². The highest BCUT2D eigenvalue weighted by Crippen LogP contribution is 2.22. The van der Waals surface area contributed by atoms with Crippen LogP contribution in [-0.4, -0.2) is 81.0 Å². The van der Waals surface area contributed by atoms with E-state index < -0.39 is 55.0 Å². The number of nitrogens with one attached hydrogen (secondary N) is 2. The number of nitrogens with two attached hydrogens (primary N) is 1. The Kier molecular flexibility index (Phi) is 8.04. The number of amidine groups is 1. The number of nitrogens with zero attached hydrogens (tertiary/aromatic N) is 2. The van der Waals surface area contributed by atoms with Crippen LogP contribution in [0.1, 0.15) is 19.4 Å². The maximum absolute atomic E-state index is 13.0. The van der Waals surface area contributed by atoms with Gasteiger partial charge in [-0.3, -0.25) is 29.1 Å². The summed E-state index contributed by atoms with van der Waals surface area (Å²) in [5.41, 5.74) is 6.14. The number of benzene rings is 1. The first-order valence-corrected chi connectivity index (χ1v) is 9.64. The highest BCUT2D eigenvalue weighted by Gasteiger charge is 2.39. The third-order valence-corrected chi connectivity index (χ3v) is 4.43. The van der Waals surface area contributed by atoms with E-state index in [9.17, 15) is 29.4 Å². The Bertz CT molecular complexity index is 956. The van der Waals surface area contributed by atoms with E-state index in [1.165, 1.54) is 37.3 Å². The minimum Gasteiger partial charge on any atom is -0.508 e. The highest BCUT2D eigenvalue weighted by atomic mass is 16.4. The van der Waals surface area contributed by atoms with Crippen molar-refractivity contribution >= 4 is 35.6 Å². The predicted octanol–water partition coefficient (Wildman–Crippen LogP) is -1.61. The van der Waals surface area contributed by atoms with Gasteiger partial charge >= 0.3 is 5.97 Å². The molecular weight excluding hydrogens is 422 g/mol. The number of hydrogen-bond acceptors (Lipinski definition) is 8. The molecule has 12 nitrogen and oxygen atoms in total. The lowest BCUT2D eigenvalue weighted by Crippen LogP contribution is -2.48. The number of aliphatic carboxylic acids is 1. The summed E-state index contributed by atoms with van der Waals surface area (Å²) in [7, 11) is 0. The Labute approximate surface area is 183 Å². The summed E-state index contributed by atoms with van der Waals surface area (Å²) >= 11 is 0. The summed E-state index contributed by atoms with van der Waals surface area (Å²) in [6, 6.07) is 2.70. The van der Waals surface area contributed by atoms with E-state index in [0.717, 1.165) is 4.90 Å². The average molecular weight is 447 g/mol. The molecule has 1 heterocycles. The number of carbonyl (C=O) groups is 4. The standard InChI is InChI=1S/C20H25N5O7/c1-10(21)17-24-14(9-26)19(30)25(17)15(7-12-3-5-13(27)6-4-12)18(29)22-8-16(28)23-11(2)20(31)32/h3-7,10-11,14,26-27H,8-9,21H2,1-2H3,(H,22,29)(H,23,28)(H,31,32)/b15-7+/t10?,11-,14?/m0/s1. The molecule has 1 aliphatic heterocycles. The molecule has 1 aliphatic rings. The predicted molar refractivity (Wildman–Crippen MR) is 113 cm³/mol. The number of carboxylic acids is 1. The number of phenolic OH excluding ortho intramolecular Hbond substituents is 1. The minimum atomic E-state index is -1.24. The number of amides is 3. The molecule has 172 valence electrons. The fourth-order valence-electron chi connectivity index (χ4n) is 2.78. The lowest BCUT2D eigenvalue weighted by atomic mass is 10.1. The van der Waals surface area contributed by atoms with Crippen LogP contribution in [0.2, 0.25) is 0 Å². The van der Waals surface area contributed by atoms with Gasteiger partial charge < -0.3 is 31.7 Å². The van der Waals surface area contributed by atoms with Crippen molar-refractivity contribution in [3.63, 3.8) is 0 Å². The third-order valence-electron chi connectivity index (χ3n) is 4.43. The van der Waals surface area contributed by atoms with Crippen LogP contribution in [0.3, 0.4) is 0 Å². The van der Waals surface area contributed by atoms with Crippen LogP contribution in [0.15, 0.2) is 35.0 Å². The molecular formula is C20H25N5O7. The maximum atomic E-state index is 13.0. The van der Waals surface area contributed by atoms with Crippen LogP contribution in [0.25, 0.3) is 6.08 Å². The molecule has 2 rings (SSSR count). The molecule has 0 spiro atoms. The lowest BCUT2D eigenvalue weighted by molar-refractivity contribution is -0.141. The number of aliphatic imine (C=N–C) groups is 1. The van der Waals surface area contributed by atoms with Crippen molar-refractivity contribution in [3.05, 3.63) is 35.5 Å². The SMILES string of the molecule is CC(N)C1=NC(CO)C(=O)N1/C(=C/c1ccc(O)cc1)C(=O)NCC(=O)N[C@@H](C)C(=O)O. The smallest absolute Gasteiger partial charge is 0.325 e. The third kappa shape index (κ3) is 5.89. The summed E-state index contributed by atoms with van der Waals surface area (Å²) in [6.07, 6.45) is 1.34. The second kappa shape index (κ2) is 10.5. The molecule has 0 fully saturated rings. The number of carboxylic acid groups (broad SMARTS) is 1. The fourth-order valence-corrected chi connectivity index (χ4v) is 2.78. The van der Waals surface area contributed by atoms with Gasteiger partial charge in [-0.1, -0.05) is 12.1 Å². The van der Waals surface area contributed by atoms with Crippen molar-refractivity contribution in [2.24, 2.45) is 10.7 Å². The van der Waals surface area contributed by atoms with Gasteiger partial charge in [0.05, 0.1) is 19.2 Å². The average Bonchev–Trinajstić information content (AvgIpc) is 3.07. The van der Waals surface area contributed by atoms with E-state index in [0.29, 0.717) is 5.56 Å². The van der Waals surface area contributed by atoms with Crippen LogP contribution >= 0.6 is 0 Å². The summed E-state index contributed by atoms with van der Waals surface area (Å²) in [4.78, 5) is 53.6. The van der Waals surface area contributed by atoms with Gasteiger partial charge in [0.2, 0.25) is 5.91 Å². The Balaban J connectivity index is 2.35. The van der Waals surface area contributed by atoms with Crippen LogP contribution < -0.4 is 16.4 Å². The van der Waals surface area contributed by atoms with Crippen molar-refractivity contribution in [1.82, 2.24) is 15.5 Å². The normalized spacial score (nSPS) is 18.1. The fraction of sp³-hybridized carbons (Fsp3) is 0.350. The van der Waals surface area contributed by atoms with E-state index in [1.807, 2.05) is 0 Å². The lowest BCUT2D eigenvalue weighted by Gasteiger charge is -2.23. The van der Waals surface area contributed by atoms with E-state index in [-0.39, 0.29) is 17.3 Å². The Morgan fingerprint density at radius 1 is 1.25 bits per heavy atom. The molecule has 3 atom stereocenters. The Hall–Kier alpha value is -3.77. The molecule has 0 saturated carbocycles. The summed E-state index contributed by atoms with van der Waals surface area (Å²) < 4.78 is 0. The summed E-state index contributed by atoms with van der Waals surface area (Å²) in [5, 5.41) is 32.3. The van der Waals surface area contributed by atoms with E-state index in [2.05, 4.69) is 15.6 Å². The molecule has 32 heavy (non-hydrogen) atoms. The molecule has 2 unspecified atom stereocenters. The topological polar surface area (TPSA) is 195 Å². The number of carbonyl (C=O) groups excluding carboxylic acids is 3. The van der Waals surface area contributed by atoms with Crippen molar-refractivity contribution in [2.45, 2.75) is 32.0 Å². The second-order valence-electron chi connectivity index (χ2n) is 7.08. The molecule has 0 bridgehead atoms. The second-order valence-corrected chi connectivity index (χ2v) is 7.08. The molecule has 0 aliphatic carbocycles. The summed E-state index contributed by atoms with van der Waals surface area (Å²) in [5.74, 6) is -3.46. The highest BCUT2D eigenvalue weighted by molar-refractivity contribution is 6.16. The minimum absolute atomic E-state index is 0.00667. The molecule has 12 heteroatoms. The number of rotatable bonds is 9.